The van der Waals surface area contributed by atoms with E-state index >= 15 is 0 Å². The van der Waals surface area contributed by atoms with E-state index < -0.39 is 34.4 Å². The van der Waals surface area contributed by atoms with Gasteiger partial charge in [0.1, 0.15) is 5.58 Å². The quantitative estimate of drug-likeness (QED) is 0.403. The van der Waals surface area contributed by atoms with Gasteiger partial charge in [0.2, 0.25) is 11.6 Å². The summed E-state index contributed by atoms with van der Waals surface area (Å²) in [5.74, 6) is -2.59. The van der Waals surface area contributed by atoms with Gasteiger partial charge in [0.05, 0.1) is 4.92 Å². The molecule has 0 saturated heterocycles. The molecule has 1 heterocycles. The number of amides is 1. The maximum absolute atomic E-state index is 13.4. The lowest BCUT2D eigenvalue weighted by Gasteiger charge is -2.13. The summed E-state index contributed by atoms with van der Waals surface area (Å²) in [7, 11) is 0. The molecule has 1 aromatic heterocycles. The van der Waals surface area contributed by atoms with Crippen molar-refractivity contribution in [2.45, 2.75) is 20.0 Å². The number of nitro groups is 1. The summed E-state index contributed by atoms with van der Waals surface area (Å²) in [6.07, 6.45) is -1.22. The van der Waals surface area contributed by atoms with Gasteiger partial charge in [-0.25, -0.2) is 4.79 Å². The molecule has 2 aromatic carbocycles. The summed E-state index contributed by atoms with van der Waals surface area (Å²) in [5, 5.41) is 13.9. The number of carbonyl (C=O) groups is 2. The number of hydrogen-bond acceptors (Lipinski definition) is 6. The van der Waals surface area contributed by atoms with Crippen molar-refractivity contribution < 1.29 is 28.1 Å². The third-order valence-corrected chi connectivity index (χ3v) is 4.09. The molecule has 1 amide bonds. The lowest BCUT2D eigenvalue weighted by atomic mass is 10.1. The number of fused-ring (bicyclic) bond motifs is 1. The van der Waals surface area contributed by atoms with Crippen LogP contribution in [-0.2, 0) is 9.53 Å². The molecule has 0 unspecified atom stereocenters. The number of aryl methyl sites for hydroxylation is 1. The fourth-order valence-electron chi connectivity index (χ4n) is 2.61. The number of nitrogens with one attached hydrogen (secondary N) is 1. The third-order valence-electron chi connectivity index (χ3n) is 4.09. The lowest BCUT2D eigenvalue weighted by Crippen LogP contribution is -2.30. The Morgan fingerprint density at radius 3 is 2.64 bits per heavy atom. The van der Waals surface area contributed by atoms with Crippen molar-refractivity contribution >= 4 is 34.2 Å². The van der Waals surface area contributed by atoms with E-state index in [9.17, 15) is 24.1 Å². The molecule has 0 saturated carbocycles. The molecule has 0 radical (unpaired) electrons. The van der Waals surface area contributed by atoms with Crippen LogP contribution in [0, 0.1) is 22.9 Å². The van der Waals surface area contributed by atoms with Gasteiger partial charge >= 0.3 is 11.7 Å². The van der Waals surface area contributed by atoms with Gasteiger partial charge in [-0.15, -0.1) is 0 Å². The Balaban J connectivity index is 1.71. The van der Waals surface area contributed by atoms with Crippen LogP contribution in [0.15, 0.2) is 46.9 Å². The fraction of sp³-hybridized carbons (Fsp3) is 0.158. The number of halogens is 1. The van der Waals surface area contributed by atoms with E-state index in [1.165, 1.54) is 6.92 Å². The van der Waals surface area contributed by atoms with E-state index in [-0.39, 0.29) is 11.4 Å². The predicted octanol–water partition coefficient (Wildman–Crippen LogP) is 3.97. The lowest BCUT2D eigenvalue weighted by molar-refractivity contribution is -0.387. The number of anilines is 1. The molecule has 1 atom stereocenters. The van der Waals surface area contributed by atoms with Gasteiger partial charge in [0.25, 0.3) is 5.91 Å². The van der Waals surface area contributed by atoms with Crippen LogP contribution < -0.4 is 5.32 Å². The highest BCUT2D eigenvalue weighted by atomic mass is 19.1. The molecule has 0 aliphatic rings. The van der Waals surface area contributed by atoms with E-state index in [0.29, 0.717) is 11.1 Å². The van der Waals surface area contributed by atoms with Gasteiger partial charge in [0, 0.05) is 22.7 Å². The first-order valence-corrected chi connectivity index (χ1v) is 8.22. The third kappa shape index (κ3) is 3.68. The molecular formula is C19H15FN2O6. The first-order chi connectivity index (χ1) is 13.3. The Labute approximate surface area is 158 Å². The minimum absolute atomic E-state index is 0.000849. The summed E-state index contributed by atoms with van der Waals surface area (Å²) in [6, 6.07) is 9.97. The Bertz CT molecular complexity index is 1090. The number of nitrogens with zero attached hydrogens (tertiary/aromatic N) is 1. The molecule has 0 bridgehead atoms. The molecule has 3 aromatic rings. The zero-order valence-electron chi connectivity index (χ0n) is 14.9. The van der Waals surface area contributed by atoms with Crippen LogP contribution in [-0.4, -0.2) is 22.9 Å². The molecule has 1 N–H and O–H groups in total. The number of nitro benzene ring substituents is 1. The van der Waals surface area contributed by atoms with E-state index in [0.717, 1.165) is 23.6 Å². The Morgan fingerprint density at radius 2 is 1.96 bits per heavy atom. The SMILES string of the molecule is Cc1c(C(=O)O[C@H](C)C(=O)Nc2ccc(F)c([N+](=O)[O-])c2)oc2ccccc12. The summed E-state index contributed by atoms with van der Waals surface area (Å²) >= 11 is 0. The van der Waals surface area contributed by atoms with Crippen molar-refractivity contribution in [1.29, 1.82) is 0 Å². The van der Waals surface area contributed by atoms with Crippen LogP contribution in [0.5, 0.6) is 0 Å². The van der Waals surface area contributed by atoms with E-state index in [2.05, 4.69) is 5.32 Å². The first-order valence-electron chi connectivity index (χ1n) is 8.22. The molecule has 0 aliphatic heterocycles. The Morgan fingerprint density at radius 1 is 1.25 bits per heavy atom. The number of esters is 1. The zero-order valence-corrected chi connectivity index (χ0v) is 14.9. The van der Waals surface area contributed by atoms with Gasteiger partial charge < -0.3 is 14.5 Å². The zero-order chi connectivity index (χ0) is 20.4. The second-order valence-corrected chi connectivity index (χ2v) is 6.01. The van der Waals surface area contributed by atoms with Gasteiger partial charge in [-0.3, -0.25) is 14.9 Å². The minimum atomic E-state index is -1.22. The average Bonchev–Trinajstić information content (AvgIpc) is 3.00. The highest BCUT2D eigenvalue weighted by Gasteiger charge is 2.25. The number of carbonyl (C=O) groups excluding carboxylic acids is 2. The number of furan rings is 1. The Kier molecular flexibility index (Phi) is 5.08. The largest absolute Gasteiger partial charge is 0.449 e. The van der Waals surface area contributed by atoms with Gasteiger partial charge in [-0.1, -0.05) is 18.2 Å². The van der Waals surface area contributed by atoms with Crippen molar-refractivity contribution in [3.8, 4) is 0 Å². The molecule has 0 aliphatic carbocycles. The van der Waals surface area contributed by atoms with Gasteiger partial charge in [0.15, 0.2) is 6.10 Å². The standard InChI is InChI=1S/C19H15FN2O6/c1-10-13-5-3-4-6-16(13)28-17(10)19(24)27-11(2)18(23)21-12-7-8-14(20)15(9-12)22(25)26/h3-9,11H,1-2H3,(H,21,23)/t11-/m1/s1. The van der Waals surface area contributed by atoms with Crippen molar-refractivity contribution in [2.24, 2.45) is 0 Å². The summed E-state index contributed by atoms with van der Waals surface area (Å²) in [5.41, 5.74) is 0.325. The Hall–Kier alpha value is -3.75. The highest BCUT2D eigenvalue weighted by molar-refractivity contribution is 5.99. The summed E-state index contributed by atoms with van der Waals surface area (Å²) in [4.78, 5) is 34.4. The number of para-hydroxylation sites is 1. The maximum atomic E-state index is 13.4. The van der Waals surface area contributed by atoms with Gasteiger partial charge in [-0.2, -0.15) is 4.39 Å². The van der Waals surface area contributed by atoms with E-state index in [1.807, 2.05) is 0 Å². The second kappa shape index (κ2) is 7.47. The average molecular weight is 386 g/mol. The number of ether oxygens (including phenoxy) is 1. The first kappa shape index (κ1) is 19.0. The second-order valence-electron chi connectivity index (χ2n) is 6.01. The molecular weight excluding hydrogens is 371 g/mol. The van der Waals surface area contributed by atoms with Gasteiger partial charge in [-0.05, 0) is 32.0 Å². The molecule has 28 heavy (non-hydrogen) atoms. The summed E-state index contributed by atoms with van der Waals surface area (Å²) in [6.45, 7) is 3.04. The molecule has 144 valence electrons. The van der Waals surface area contributed by atoms with Crippen LogP contribution in [0.3, 0.4) is 0 Å². The van der Waals surface area contributed by atoms with Crippen LogP contribution in [0.1, 0.15) is 23.0 Å². The normalized spacial score (nSPS) is 11.8. The van der Waals surface area contributed by atoms with Crippen LogP contribution in [0.25, 0.3) is 11.0 Å². The van der Waals surface area contributed by atoms with E-state index in [1.54, 1.807) is 31.2 Å². The topological polar surface area (TPSA) is 112 Å². The predicted molar refractivity (Wildman–Crippen MR) is 97.5 cm³/mol. The molecule has 9 heteroatoms. The van der Waals surface area contributed by atoms with Crippen molar-refractivity contribution in [3.63, 3.8) is 0 Å². The van der Waals surface area contributed by atoms with E-state index in [4.69, 9.17) is 9.15 Å². The maximum Gasteiger partial charge on any atom is 0.375 e. The molecule has 0 fully saturated rings. The molecule has 3 rings (SSSR count). The van der Waals surface area contributed by atoms with Crippen LogP contribution in [0.4, 0.5) is 15.8 Å². The smallest absolute Gasteiger partial charge is 0.375 e. The van der Waals surface area contributed by atoms with Crippen molar-refractivity contribution in [1.82, 2.24) is 0 Å². The minimum Gasteiger partial charge on any atom is -0.449 e. The molecule has 0 spiro atoms. The number of hydrogen-bond donors (Lipinski definition) is 1. The molecule has 8 nitrogen and oxygen atoms in total. The fourth-order valence-corrected chi connectivity index (χ4v) is 2.61. The summed E-state index contributed by atoms with van der Waals surface area (Å²) < 4.78 is 24.0. The van der Waals surface area contributed by atoms with Crippen LogP contribution >= 0.6 is 0 Å². The number of benzene rings is 2. The number of rotatable bonds is 5. The highest BCUT2D eigenvalue weighted by Crippen LogP contribution is 2.26. The monoisotopic (exact) mass is 386 g/mol. The van der Waals surface area contributed by atoms with Crippen molar-refractivity contribution in [2.75, 3.05) is 5.32 Å². The van der Waals surface area contributed by atoms with Crippen LogP contribution in [0.2, 0.25) is 0 Å². The van der Waals surface area contributed by atoms with Crippen molar-refractivity contribution in [3.05, 3.63) is 69.7 Å².